The molecule has 8 nitrogen and oxygen atoms in total. The molecule has 3 heterocycles. The Kier molecular flexibility index (Phi) is 4.88. The van der Waals surface area contributed by atoms with Gasteiger partial charge in [-0.25, -0.2) is 9.97 Å². The van der Waals surface area contributed by atoms with Crippen LogP contribution >= 0.6 is 0 Å². The van der Waals surface area contributed by atoms with E-state index in [1.165, 1.54) is 6.33 Å². The van der Waals surface area contributed by atoms with Gasteiger partial charge in [-0.2, -0.15) is 0 Å². The van der Waals surface area contributed by atoms with E-state index in [9.17, 15) is 10.2 Å². The number of aromatic nitrogens is 3. The summed E-state index contributed by atoms with van der Waals surface area (Å²) in [5.41, 5.74) is 4.93. The lowest BCUT2D eigenvalue weighted by atomic mass is 9.96. The Hall–Kier alpha value is -1.52. The number of anilines is 1. The molecule has 0 aromatic carbocycles. The highest BCUT2D eigenvalue weighted by Crippen LogP contribution is 2.42. The fraction of sp³-hybridized carbons (Fsp3) is 0.667. The second-order valence-electron chi connectivity index (χ2n) is 8.99. The van der Waals surface area contributed by atoms with Gasteiger partial charge in [-0.15, -0.1) is 0 Å². The fourth-order valence-electron chi connectivity index (χ4n) is 3.06. The Balaban J connectivity index is 1.85. The molecule has 0 saturated carbocycles. The molecule has 1 fully saturated rings. The molecule has 150 valence electrons. The number of rotatable bonds is 4. The van der Waals surface area contributed by atoms with Crippen molar-refractivity contribution in [1.82, 2.24) is 14.5 Å². The lowest BCUT2D eigenvalue weighted by Gasteiger charge is -2.37. The molecule has 9 heteroatoms. The van der Waals surface area contributed by atoms with Crippen molar-refractivity contribution in [2.75, 3.05) is 12.3 Å². The summed E-state index contributed by atoms with van der Waals surface area (Å²) in [6.07, 6.45) is 0.553. The van der Waals surface area contributed by atoms with Crippen LogP contribution in [0.15, 0.2) is 18.6 Å². The third-order valence-corrected chi connectivity index (χ3v) is 10.5. The second kappa shape index (κ2) is 6.52. The predicted octanol–water partition coefficient (Wildman–Crippen LogP) is 2.04. The number of hydrogen-bond donors (Lipinski definition) is 3. The van der Waals surface area contributed by atoms with Crippen molar-refractivity contribution in [3.8, 4) is 0 Å². The monoisotopic (exact) mass is 394 g/mol. The molecule has 2 aromatic heterocycles. The predicted molar refractivity (Wildman–Crippen MR) is 106 cm³/mol. The first kappa shape index (κ1) is 20.2. The van der Waals surface area contributed by atoms with Gasteiger partial charge in [-0.3, -0.25) is 0 Å². The molecular formula is C18H30N4O4Si. The molecule has 0 aliphatic carbocycles. The number of nitrogens with two attached hydrogens (primary N) is 1. The molecule has 0 spiro atoms. The van der Waals surface area contributed by atoms with Crippen molar-refractivity contribution >= 4 is 25.2 Å². The molecule has 0 bridgehead atoms. The zero-order valence-electron chi connectivity index (χ0n) is 16.8. The molecule has 0 amide bonds. The average molecular weight is 395 g/mol. The van der Waals surface area contributed by atoms with Gasteiger partial charge in [0.15, 0.2) is 14.5 Å². The highest BCUT2D eigenvalue weighted by atomic mass is 28.4. The van der Waals surface area contributed by atoms with E-state index < -0.39 is 32.4 Å². The lowest BCUT2D eigenvalue weighted by Crippen LogP contribution is -2.47. The minimum atomic E-state index is -2.00. The Morgan fingerprint density at radius 3 is 2.67 bits per heavy atom. The van der Waals surface area contributed by atoms with Crippen LogP contribution in [0.1, 0.15) is 33.9 Å². The van der Waals surface area contributed by atoms with Crippen LogP contribution in [0, 0.1) is 0 Å². The smallest absolute Gasteiger partial charge is 0.192 e. The summed E-state index contributed by atoms with van der Waals surface area (Å²) in [5, 5.41) is 22.4. The Morgan fingerprint density at radius 1 is 1.37 bits per heavy atom. The molecule has 2 aromatic rings. The molecule has 1 aliphatic heterocycles. The van der Waals surface area contributed by atoms with Crippen molar-refractivity contribution in [2.24, 2.45) is 0 Å². The summed E-state index contributed by atoms with van der Waals surface area (Å²) in [5.74, 6) is 0.356. The first-order valence-corrected chi connectivity index (χ1v) is 12.0. The summed E-state index contributed by atoms with van der Waals surface area (Å²) in [6.45, 7) is 12.5. The third-order valence-electron chi connectivity index (χ3n) is 5.96. The standard InChI is InChI=1S/C18H30N4O4Si/c1-17(2,3)27(5,6)25-9-12-13(23)18(4,24)16(26-12)22-8-7-11-14(19)20-10-21-15(11)22/h7-8,10,12-13,16,23-24H,9H2,1-6H3,(H2,19,20,21)/t12-,13-,16-,18-/m1/s1. The van der Waals surface area contributed by atoms with Crippen LogP contribution in [-0.4, -0.2) is 57.5 Å². The number of nitrogen functional groups attached to an aromatic ring is 1. The number of fused-ring (bicyclic) bond motifs is 1. The molecular weight excluding hydrogens is 364 g/mol. The highest BCUT2D eigenvalue weighted by Gasteiger charge is 2.54. The van der Waals surface area contributed by atoms with Crippen LogP contribution in [0.5, 0.6) is 0 Å². The number of nitrogens with zero attached hydrogens (tertiary/aromatic N) is 3. The highest BCUT2D eigenvalue weighted by molar-refractivity contribution is 6.74. The normalized spacial score (nSPS) is 29.6. The maximum atomic E-state index is 11.0. The summed E-state index contributed by atoms with van der Waals surface area (Å²) in [6, 6.07) is 1.77. The van der Waals surface area contributed by atoms with E-state index in [1.54, 1.807) is 23.8 Å². The average Bonchev–Trinajstić information content (AvgIpc) is 3.06. The van der Waals surface area contributed by atoms with E-state index in [-0.39, 0.29) is 11.6 Å². The lowest BCUT2D eigenvalue weighted by molar-refractivity contribution is -0.0946. The van der Waals surface area contributed by atoms with Gasteiger partial charge in [0.1, 0.15) is 35.6 Å². The van der Waals surface area contributed by atoms with Gasteiger partial charge in [0.2, 0.25) is 0 Å². The van der Waals surface area contributed by atoms with Gasteiger partial charge in [0, 0.05) is 6.20 Å². The first-order valence-electron chi connectivity index (χ1n) is 9.13. The van der Waals surface area contributed by atoms with E-state index in [0.29, 0.717) is 16.9 Å². The maximum absolute atomic E-state index is 11.0. The molecule has 1 aliphatic rings. The number of aliphatic hydroxyl groups excluding tert-OH is 1. The van der Waals surface area contributed by atoms with Gasteiger partial charge in [-0.05, 0) is 31.1 Å². The van der Waals surface area contributed by atoms with Crippen molar-refractivity contribution in [2.45, 2.75) is 69.9 Å². The Labute approximate surface area is 160 Å². The van der Waals surface area contributed by atoms with Crippen molar-refractivity contribution in [1.29, 1.82) is 0 Å². The number of ether oxygens (including phenoxy) is 1. The summed E-state index contributed by atoms with van der Waals surface area (Å²) >= 11 is 0. The molecule has 0 unspecified atom stereocenters. The zero-order valence-corrected chi connectivity index (χ0v) is 17.8. The molecule has 4 N–H and O–H groups in total. The summed E-state index contributed by atoms with van der Waals surface area (Å²) < 4.78 is 13.9. The van der Waals surface area contributed by atoms with Crippen LogP contribution in [-0.2, 0) is 9.16 Å². The van der Waals surface area contributed by atoms with Crippen LogP contribution in [0.3, 0.4) is 0 Å². The topological polar surface area (TPSA) is 116 Å². The molecule has 27 heavy (non-hydrogen) atoms. The Morgan fingerprint density at radius 2 is 2.04 bits per heavy atom. The van der Waals surface area contributed by atoms with Crippen molar-refractivity contribution < 1.29 is 19.4 Å². The summed E-state index contributed by atoms with van der Waals surface area (Å²) in [7, 11) is -2.00. The van der Waals surface area contributed by atoms with Crippen LogP contribution < -0.4 is 5.73 Å². The van der Waals surface area contributed by atoms with Crippen molar-refractivity contribution in [3.63, 3.8) is 0 Å². The fourth-order valence-corrected chi connectivity index (χ4v) is 4.08. The quantitative estimate of drug-likeness (QED) is 0.680. The minimum Gasteiger partial charge on any atom is -0.414 e. The van der Waals surface area contributed by atoms with Gasteiger partial charge >= 0.3 is 0 Å². The van der Waals surface area contributed by atoms with E-state index in [2.05, 4.69) is 43.8 Å². The van der Waals surface area contributed by atoms with Gasteiger partial charge in [-0.1, -0.05) is 20.8 Å². The second-order valence-corrected chi connectivity index (χ2v) is 13.8. The SMILES string of the molecule is CC(C)(C)[Si](C)(C)OC[C@H]1O[C@@H](n2ccc3c(N)ncnc32)[C@](C)(O)[C@@H]1O. The molecule has 4 atom stereocenters. The zero-order chi connectivity index (χ0) is 20.2. The summed E-state index contributed by atoms with van der Waals surface area (Å²) in [4.78, 5) is 8.23. The first-order chi connectivity index (χ1) is 12.4. The van der Waals surface area contributed by atoms with E-state index >= 15 is 0 Å². The minimum absolute atomic E-state index is 0.0452. The maximum Gasteiger partial charge on any atom is 0.192 e. The van der Waals surface area contributed by atoms with Crippen molar-refractivity contribution in [3.05, 3.63) is 18.6 Å². The van der Waals surface area contributed by atoms with E-state index in [1.807, 2.05) is 0 Å². The van der Waals surface area contributed by atoms with Gasteiger partial charge in [0.05, 0.1) is 12.0 Å². The van der Waals surface area contributed by atoms with Crippen LogP contribution in [0.25, 0.3) is 11.0 Å². The molecule has 3 rings (SSSR count). The number of hydrogen-bond acceptors (Lipinski definition) is 7. The van der Waals surface area contributed by atoms with E-state index in [0.717, 1.165) is 0 Å². The molecule has 0 radical (unpaired) electrons. The van der Waals surface area contributed by atoms with Gasteiger partial charge in [0.25, 0.3) is 0 Å². The van der Waals surface area contributed by atoms with Crippen LogP contribution in [0.4, 0.5) is 5.82 Å². The van der Waals surface area contributed by atoms with E-state index in [4.69, 9.17) is 14.9 Å². The Bertz CT molecular complexity index is 830. The molecule has 1 saturated heterocycles. The number of aliphatic hydroxyl groups is 2. The largest absolute Gasteiger partial charge is 0.414 e. The third kappa shape index (κ3) is 3.38. The van der Waals surface area contributed by atoms with Crippen LogP contribution in [0.2, 0.25) is 18.1 Å². The van der Waals surface area contributed by atoms with Gasteiger partial charge < -0.3 is 29.7 Å².